The van der Waals surface area contributed by atoms with Crippen molar-refractivity contribution >= 4 is 41.8 Å². The van der Waals surface area contributed by atoms with Crippen LogP contribution in [0.15, 0.2) is 24.3 Å². The summed E-state index contributed by atoms with van der Waals surface area (Å²) in [4.78, 5) is 11.2. The number of carbonyl (C=O) groups is 1. The number of rotatable bonds is 7. The second kappa shape index (κ2) is 11.2. The van der Waals surface area contributed by atoms with E-state index in [1.54, 1.807) is 11.8 Å². The lowest BCUT2D eigenvalue weighted by molar-refractivity contribution is 0.242. The standard InChI is InChI=1S/C12H18ClN3OS.ClH/c13-11-3-1-2-10(8-11)9-18-7-6-16-12(17)15-5-4-14;/h1-3,8H,4-7,9,14H2,(H2,15,16,17);1H. The Balaban J connectivity index is 0.00000324. The fourth-order valence-electron chi connectivity index (χ4n) is 1.30. The Labute approximate surface area is 129 Å². The molecule has 1 rings (SSSR count). The summed E-state index contributed by atoms with van der Waals surface area (Å²) in [6, 6.07) is 7.63. The van der Waals surface area contributed by atoms with Gasteiger partial charge in [0.25, 0.3) is 0 Å². The zero-order valence-electron chi connectivity index (χ0n) is 10.5. The molecular formula is C12H19Cl2N3OS. The molecule has 0 saturated heterocycles. The van der Waals surface area contributed by atoms with Crippen LogP contribution in [0.4, 0.5) is 4.79 Å². The molecule has 0 atom stereocenters. The maximum atomic E-state index is 11.2. The Morgan fingerprint density at radius 2 is 2.05 bits per heavy atom. The van der Waals surface area contributed by atoms with Crippen molar-refractivity contribution in [3.8, 4) is 0 Å². The largest absolute Gasteiger partial charge is 0.337 e. The van der Waals surface area contributed by atoms with Gasteiger partial charge < -0.3 is 16.4 Å². The van der Waals surface area contributed by atoms with Crippen LogP contribution in [-0.4, -0.2) is 31.4 Å². The monoisotopic (exact) mass is 323 g/mol. The van der Waals surface area contributed by atoms with E-state index in [9.17, 15) is 4.79 Å². The lowest BCUT2D eigenvalue weighted by Crippen LogP contribution is -2.39. The average Bonchev–Trinajstić information content (AvgIpc) is 2.36. The summed E-state index contributed by atoms with van der Waals surface area (Å²) in [6.45, 7) is 1.60. The van der Waals surface area contributed by atoms with E-state index in [4.69, 9.17) is 17.3 Å². The fourth-order valence-corrected chi connectivity index (χ4v) is 2.32. The predicted molar refractivity (Wildman–Crippen MR) is 85.3 cm³/mol. The summed E-state index contributed by atoms with van der Waals surface area (Å²) < 4.78 is 0. The zero-order valence-corrected chi connectivity index (χ0v) is 12.9. The normalized spacial score (nSPS) is 9.58. The molecule has 7 heteroatoms. The van der Waals surface area contributed by atoms with Crippen molar-refractivity contribution in [2.75, 3.05) is 25.4 Å². The molecule has 0 aromatic heterocycles. The molecule has 0 saturated carbocycles. The quantitative estimate of drug-likeness (QED) is 0.674. The van der Waals surface area contributed by atoms with Crippen LogP contribution in [-0.2, 0) is 5.75 Å². The molecule has 0 heterocycles. The topological polar surface area (TPSA) is 67.1 Å². The average molecular weight is 324 g/mol. The van der Waals surface area contributed by atoms with E-state index in [2.05, 4.69) is 10.6 Å². The number of hydrogen-bond acceptors (Lipinski definition) is 3. The lowest BCUT2D eigenvalue weighted by atomic mass is 10.2. The smallest absolute Gasteiger partial charge is 0.314 e. The highest BCUT2D eigenvalue weighted by atomic mass is 35.5. The van der Waals surface area contributed by atoms with Gasteiger partial charge in [0.05, 0.1) is 0 Å². The highest BCUT2D eigenvalue weighted by molar-refractivity contribution is 7.98. The Hall–Kier alpha value is -0.620. The van der Waals surface area contributed by atoms with Crippen molar-refractivity contribution < 1.29 is 4.79 Å². The van der Waals surface area contributed by atoms with E-state index in [0.29, 0.717) is 19.6 Å². The van der Waals surface area contributed by atoms with Crippen molar-refractivity contribution in [1.82, 2.24) is 10.6 Å². The summed E-state index contributed by atoms with van der Waals surface area (Å²) in [5.41, 5.74) is 6.47. The number of urea groups is 1. The van der Waals surface area contributed by atoms with Crippen molar-refractivity contribution in [2.24, 2.45) is 5.73 Å². The van der Waals surface area contributed by atoms with Crippen molar-refractivity contribution in [1.29, 1.82) is 0 Å². The third-order valence-corrected chi connectivity index (χ3v) is 3.38. The number of amides is 2. The molecule has 0 unspecified atom stereocenters. The molecular weight excluding hydrogens is 305 g/mol. The van der Waals surface area contributed by atoms with Gasteiger partial charge in [0.1, 0.15) is 0 Å². The number of nitrogens with two attached hydrogens (primary N) is 1. The molecule has 19 heavy (non-hydrogen) atoms. The van der Waals surface area contributed by atoms with Gasteiger partial charge in [0, 0.05) is 36.2 Å². The second-order valence-electron chi connectivity index (χ2n) is 3.65. The van der Waals surface area contributed by atoms with Gasteiger partial charge in [-0.05, 0) is 17.7 Å². The van der Waals surface area contributed by atoms with Crippen LogP contribution >= 0.6 is 35.8 Å². The first-order chi connectivity index (χ1) is 8.72. The first-order valence-electron chi connectivity index (χ1n) is 5.76. The first-order valence-corrected chi connectivity index (χ1v) is 7.29. The Kier molecular flexibility index (Phi) is 10.9. The molecule has 4 nitrogen and oxygen atoms in total. The summed E-state index contributed by atoms with van der Waals surface area (Å²) in [5.74, 6) is 1.76. The van der Waals surface area contributed by atoms with Gasteiger partial charge in [-0.2, -0.15) is 11.8 Å². The van der Waals surface area contributed by atoms with Crippen LogP contribution in [0, 0.1) is 0 Å². The van der Waals surface area contributed by atoms with Crippen molar-refractivity contribution in [2.45, 2.75) is 5.75 Å². The van der Waals surface area contributed by atoms with Crippen molar-refractivity contribution in [3.05, 3.63) is 34.9 Å². The number of benzene rings is 1. The lowest BCUT2D eigenvalue weighted by Gasteiger charge is -2.06. The highest BCUT2D eigenvalue weighted by Crippen LogP contribution is 2.15. The van der Waals surface area contributed by atoms with E-state index in [1.807, 2.05) is 24.3 Å². The fraction of sp³-hybridized carbons (Fsp3) is 0.417. The number of carbonyl (C=O) groups excluding carboxylic acids is 1. The molecule has 1 aromatic rings. The molecule has 0 fully saturated rings. The predicted octanol–water partition coefficient (Wildman–Crippen LogP) is 2.25. The molecule has 0 aliphatic rings. The maximum absolute atomic E-state index is 11.2. The van der Waals surface area contributed by atoms with Crippen molar-refractivity contribution in [3.63, 3.8) is 0 Å². The molecule has 1 aromatic carbocycles. The van der Waals surface area contributed by atoms with Gasteiger partial charge in [0.2, 0.25) is 0 Å². The minimum absolute atomic E-state index is 0. The van der Waals surface area contributed by atoms with Crippen LogP contribution in [0.3, 0.4) is 0 Å². The molecule has 0 radical (unpaired) electrons. The van der Waals surface area contributed by atoms with Gasteiger partial charge in [-0.15, -0.1) is 12.4 Å². The Morgan fingerprint density at radius 3 is 2.74 bits per heavy atom. The van der Waals surface area contributed by atoms with Gasteiger partial charge in [0.15, 0.2) is 0 Å². The number of halogens is 2. The number of thioether (sulfide) groups is 1. The molecule has 0 spiro atoms. The van der Waals surface area contributed by atoms with Gasteiger partial charge in [-0.3, -0.25) is 0 Å². The van der Waals surface area contributed by atoms with E-state index in [1.165, 1.54) is 5.56 Å². The maximum Gasteiger partial charge on any atom is 0.314 e. The summed E-state index contributed by atoms with van der Waals surface area (Å²) in [6.07, 6.45) is 0. The molecule has 2 amide bonds. The van der Waals surface area contributed by atoms with Crippen LogP contribution in [0.5, 0.6) is 0 Å². The summed E-state index contributed by atoms with van der Waals surface area (Å²) >= 11 is 7.65. The highest BCUT2D eigenvalue weighted by Gasteiger charge is 1.98. The van der Waals surface area contributed by atoms with Crippen LogP contribution in [0.25, 0.3) is 0 Å². The third-order valence-electron chi connectivity index (χ3n) is 2.12. The summed E-state index contributed by atoms with van der Waals surface area (Å²) in [7, 11) is 0. The van der Waals surface area contributed by atoms with E-state index in [-0.39, 0.29) is 18.4 Å². The number of hydrogen-bond donors (Lipinski definition) is 3. The van der Waals surface area contributed by atoms with Crippen LogP contribution in [0.1, 0.15) is 5.56 Å². The second-order valence-corrected chi connectivity index (χ2v) is 5.20. The molecule has 0 bridgehead atoms. The molecule has 0 aliphatic carbocycles. The van der Waals surface area contributed by atoms with Gasteiger partial charge in [-0.25, -0.2) is 4.79 Å². The minimum Gasteiger partial charge on any atom is -0.337 e. The molecule has 108 valence electrons. The SMILES string of the molecule is Cl.NCCNC(=O)NCCSCc1cccc(Cl)c1. The minimum atomic E-state index is -0.163. The Bertz CT molecular complexity index is 380. The number of nitrogens with one attached hydrogen (secondary N) is 2. The van der Waals surface area contributed by atoms with Crippen LogP contribution < -0.4 is 16.4 Å². The van der Waals surface area contributed by atoms with Gasteiger partial charge in [-0.1, -0.05) is 23.7 Å². The van der Waals surface area contributed by atoms with Gasteiger partial charge >= 0.3 is 6.03 Å². The molecule has 4 N–H and O–H groups in total. The Morgan fingerprint density at radius 1 is 1.32 bits per heavy atom. The van der Waals surface area contributed by atoms with E-state index < -0.39 is 0 Å². The van der Waals surface area contributed by atoms with E-state index >= 15 is 0 Å². The molecule has 0 aliphatic heterocycles. The zero-order chi connectivity index (χ0) is 13.2. The third kappa shape index (κ3) is 8.99. The van der Waals surface area contributed by atoms with Crippen LogP contribution in [0.2, 0.25) is 5.02 Å². The van der Waals surface area contributed by atoms with E-state index in [0.717, 1.165) is 16.5 Å². The first kappa shape index (κ1) is 18.4. The summed E-state index contributed by atoms with van der Waals surface area (Å²) in [5, 5.41) is 6.17.